The Hall–Kier alpha value is -0.950. The number of rotatable bonds is 4. The third kappa shape index (κ3) is 3.08. The molecule has 3 nitrogen and oxygen atoms in total. The standard InChI is InChI=1S/C10H9ClF3N3S/c11-6-8-16-7-2-1-3-15-9(7)17(8)4-5-18-10(12,13)14/h1-3H,4-6H2. The van der Waals surface area contributed by atoms with E-state index in [1.54, 1.807) is 22.9 Å². The number of hydrogen-bond donors (Lipinski definition) is 0. The van der Waals surface area contributed by atoms with Gasteiger partial charge in [-0.2, -0.15) is 13.2 Å². The van der Waals surface area contributed by atoms with E-state index < -0.39 is 5.51 Å². The summed E-state index contributed by atoms with van der Waals surface area (Å²) in [4.78, 5) is 8.34. The van der Waals surface area contributed by atoms with Crippen molar-refractivity contribution in [3.63, 3.8) is 0 Å². The van der Waals surface area contributed by atoms with Crippen molar-refractivity contribution in [3.8, 4) is 0 Å². The highest BCUT2D eigenvalue weighted by molar-refractivity contribution is 8.00. The highest BCUT2D eigenvalue weighted by Gasteiger charge is 2.27. The van der Waals surface area contributed by atoms with E-state index in [1.807, 2.05) is 0 Å². The Morgan fingerprint density at radius 1 is 1.39 bits per heavy atom. The monoisotopic (exact) mass is 295 g/mol. The second-order valence-electron chi connectivity index (χ2n) is 3.45. The van der Waals surface area contributed by atoms with Crippen LogP contribution in [-0.2, 0) is 12.4 Å². The van der Waals surface area contributed by atoms with Crippen LogP contribution >= 0.6 is 23.4 Å². The van der Waals surface area contributed by atoms with Crippen LogP contribution in [0.1, 0.15) is 5.82 Å². The van der Waals surface area contributed by atoms with Gasteiger partial charge in [0.15, 0.2) is 5.65 Å². The predicted molar refractivity (Wildman–Crippen MR) is 65.6 cm³/mol. The molecule has 0 saturated heterocycles. The van der Waals surface area contributed by atoms with Gasteiger partial charge in [-0.25, -0.2) is 9.97 Å². The Morgan fingerprint density at radius 2 is 2.17 bits per heavy atom. The van der Waals surface area contributed by atoms with E-state index in [1.165, 1.54) is 0 Å². The Kier molecular flexibility index (Phi) is 4.01. The number of aromatic nitrogens is 3. The Bertz CT molecular complexity index is 541. The molecule has 2 rings (SSSR count). The maximum Gasteiger partial charge on any atom is 0.441 e. The lowest BCUT2D eigenvalue weighted by Crippen LogP contribution is -2.09. The molecule has 0 bridgehead atoms. The molecule has 0 aliphatic carbocycles. The summed E-state index contributed by atoms with van der Waals surface area (Å²) in [6.07, 6.45) is 1.58. The van der Waals surface area contributed by atoms with Gasteiger partial charge < -0.3 is 4.57 Å². The van der Waals surface area contributed by atoms with Crippen molar-refractivity contribution in [1.82, 2.24) is 14.5 Å². The second-order valence-corrected chi connectivity index (χ2v) is 4.88. The normalized spacial score (nSPS) is 12.2. The number of pyridine rings is 1. The first-order chi connectivity index (χ1) is 8.51. The summed E-state index contributed by atoms with van der Waals surface area (Å²) in [5.41, 5.74) is -3.01. The first-order valence-corrected chi connectivity index (χ1v) is 6.60. The van der Waals surface area contributed by atoms with Crippen LogP contribution in [0.15, 0.2) is 18.3 Å². The van der Waals surface area contributed by atoms with E-state index >= 15 is 0 Å². The van der Waals surface area contributed by atoms with Gasteiger partial charge in [-0.3, -0.25) is 0 Å². The summed E-state index contributed by atoms with van der Waals surface area (Å²) < 4.78 is 37.9. The molecule has 98 valence electrons. The molecule has 2 heterocycles. The number of imidazole rings is 1. The highest BCUT2D eigenvalue weighted by Crippen LogP contribution is 2.30. The van der Waals surface area contributed by atoms with Gasteiger partial charge in [-0.05, 0) is 23.9 Å². The van der Waals surface area contributed by atoms with Crippen molar-refractivity contribution >= 4 is 34.5 Å². The number of thioether (sulfide) groups is 1. The third-order valence-electron chi connectivity index (χ3n) is 2.28. The molecular formula is C10H9ClF3N3S. The molecule has 2 aromatic rings. The molecular weight excluding hydrogens is 287 g/mol. The van der Waals surface area contributed by atoms with E-state index in [2.05, 4.69) is 9.97 Å². The average molecular weight is 296 g/mol. The molecule has 0 aliphatic heterocycles. The van der Waals surface area contributed by atoms with Crippen LogP contribution in [0.5, 0.6) is 0 Å². The van der Waals surface area contributed by atoms with E-state index in [0.717, 1.165) is 0 Å². The van der Waals surface area contributed by atoms with Gasteiger partial charge in [0.1, 0.15) is 11.3 Å². The quantitative estimate of drug-likeness (QED) is 0.810. The van der Waals surface area contributed by atoms with E-state index in [4.69, 9.17) is 11.6 Å². The molecule has 0 unspecified atom stereocenters. The molecule has 0 atom stereocenters. The zero-order valence-corrected chi connectivity index (χ0v) is 10.7. The van der Waals surface area contributed by atoms with Crippen LogP contribution in [0.25, 0.3) is 11.2 Å². The Labute approximate surface area is 110 Å². The van der Waals surface area contributed by atoms with Gasteiger partial charge in [-0.15, -0.1) is 11.6 Å². The van der Waals surface area contributed by atoms with Gasteiger partial charge in [0.05, 0.1) is 5.88 Å². The first-order valence-electron chi connectivity index (χ1n) is 5.08. The highest BCUT2D eigenvalue weighted by atomic mass is 35.5. The maximum absolute atomic E-state index is 12.1. The fraction of sp³-hybridized carbons (Fsp3) is 0.400. The lowest BCUT2D eigenvalue weighted by atomic mass is 10.4. The molecule has 0 aromatic carbocycles. The smallest absolute Gasteiger partial charge is 0.311 e. The number of halogens is 4. The van der Waals surface area contributed by atoms with Crippen LogP contribution < -0.4 is 0 Å². The number of hydrogen-bond acceptors (Lipinski definition) is 3. The Balaban J connectivity index is 2.20. The fourth-order valence-corrected chi connectivity index (χ4v) is 2.30. The van der Waals surface area contributed by atoms with Crippen LogP contribution in [0.2, 0.25) is 0 Å². The van der Waals surface area contributed by atoms with Gasteiger partial charge in [-0.1, -0.05) is 0 Å². The molecule has 0 aliphatic rings. The molecule has 0 N–H and O–H groups in total. The van der Waals surface area contributed by atoms with Crippen molar-refractivity contribution in [3.05, 3.63) is 24.2 Å². The average Bonchev–Trinajstić information content (AvgIpc) is 2.66. The van der Waals surface area contributed by atoms with Crippen molar-refractivity contribution in [1.29, 1.82) is 0 Å². The predicted octanol–water partition coefficient (Wildman–Crippen LogP) is 3.42. The van der Waals surface area contributed by atoms with Gasteiger partial charge in [0.2, 0.25) is 0 Å². The number of fused-ring (bicyclic) bond motifs is 1. The third-order valence-corrected chi connectivity index (χ3v) is 3.24. The van der Waals surface area contributed by atoms with Gasteiger partial charge in [0.25, 0.3) is 0 Å². The van der Waals surface area contributed by atoms with Crippen LogP contribution in [-0.4, -0.2) is 25.8 Å². The van der Waals surface area contributed by atoms with Crippen LogP contribution in [0.3, 0.4) is 0 Å². The van der Waals surface area contributed by atoms with Gasteiger partial charge >= 0.3 is 5.51 Å². The first kappa shape index (κ1) is 13.5. The molecule has 8 heteroatoms. The summed E-state index contributed by atoms with van der Waals surface area (Å²) in [5.74, 6) is 0.593. The minimum atomic E-state index is -4.22. The van der Waals surface area contributed by atoms with Gasteiger partial charge in [0, 0.05) is 18.5 Å². The van der Waals surface area contributed by atoms with E-state index in [0.29, 0.717) is 17.0 Å². The number of nitrogens with zero attached hydrogens (tertiary/aromatic N) is 3. The van der Waals surface area contributed by atoms with Crippen molar-refractivity contribution in [2.24, 2.45) is 0 Å². The van der Waals surface area contributed by atoms with Crippen molar-refractivity contribution < 1.29 is 13.2 Å². The maximum atomic E-state index is 12.1. The van der Waals surface area contributed by atoms with Crippen LogP contribution in [0.4, 0.5) is 13.2 Å². The Morgan fingerprint density at radius 3 is 2.83 bits per heavy atom. The molecule has 18 heavy (non-hydrogen) atoms. The van der Waals surface area contributed by atoms with E-state index in [9.17, 15) is 13.2 Å². The molecule has 2 aromatic heterocycles. The number of aryl methyl sites for hydroxylation is 1. The fourth-order valence-electron chi connectivity index (χ4n) is 1.59. The molecule has 0 spiro atoms. The minimum absolute atomic E-state index is 0.0599. The zero-order chi connectivity index (χ0) is 13.2. The summed E-state index contributed by atoms with van der Waals surface area (Å²) in [7, 11) is 0. The SMILES string of the molecule is FC(F)(F)SCCn1c(CCl)nc2cccnc21. The zero-order valence-electron chi connectivity index (χ0n) is 9.12. The van der Waals surface area contributed by atoms with Crippen LogP contribution in [0, 0.1) is 0 Å². The van der Waals surface area contributed by atoms with Crippen molar-refractivity contribution in [2.75, 3.05) is 5.75 Å². The molecule has 0 amide bonds. The molecule has 0 radical (unpaired) electrons. The second kappa shape index (κ2) is 5.36. The lowest BCUT2D eigenvalue weighted by molar-refractivity contribution is -0.0328. The summed E-state index contributed by atoms with van der Waals surface area (Å²) in [5, 5.41) is 0. The summed E-state index contributed by atoms with van der Waals surface area (Å²) in [6.45, 7) is 0.180. The summed E-state index contributed by atoms with van der Waals surface area (Å²) >= 11 is 5.67. The summed E-state index contributed by atoms with van der Waals surface area (Å²) in [6, 6.07) is 3.48. The molecule has 0 fully saturated rings. The minimum Gasteiger partial charge on any atom is -0.311 e. The number of alkyl halides is 4. The molecule has 0 saturated carbocycles. The lowest BCUT2D eigenvalue weighted by Gasteiger charge is -2.08. The van der Waals surface area contributed by atoms with E-state index in [-0.39, 0.29) is 29.9 Å². The topological polar surface area (TPSA) is 30.7 Å². The van der Waals surface area contributed by atoms with Crippen molar-refractivity contribution in [2.45, 2.75) is 17.9 Å². The largest absolute Gasteiger partial charge is 0.441 e.